The molecule has 1 aliphatic heterocycles. The molecule has 0 unspecified atom stereocenters. The van der Waals surface area contributed by atoms with Gasteiger partial charge in [0.1, 0.15) is 0 Å². The highest BCUT2D eigenvalue weighted by Gasteiger charge is 2.38. The quantitative estimate of drug-likeness (QED) is 0.672. The Morgan fingerprint density at radius 2 is 2.25 bits per heavy atom. The van der Waals surface area contributed by atoms with E-state index in [0.717, 1.165) is 12.0 Å². The molecular weight excluding hydrogens is 150 g/mol. The van der Waals surface area contributed by atoms with E-state index in [9.17, 15) is 0 Å². The second kappa shape index (κ2) is 3.35. The van der Waals surface area contributed by atoms with Crippen LogP contribution in [0, 0.1) is 5.92 Å². The van der Waals surface area contributed by atoms with E-state index in [4.69, 9.17) is 5.11 Å². The van der Waals surface area contributed by atoms with Crippen LogP contribution in [0.15, 0.2) is 0 Å². The van der Waals surface area contributed by atoms with Gasteiger partial charge in [-0.25, -0.2) is 0 Å². The first kappa shape index (κ1) is 8.52. The Morgan fingerprint density at radius 1 is 1.42 bits per heavy atom. The molecule has 0 amide bonds. The molecule has 0 aromatic rings. The fourth-order valence-electron chi connectivity index (χ4n) is 2.92. The Labute approximate surface area is 74.6 Å². The first-order valence-electron chi connectivity index (χ1n) is 5.19. The van der Waals surface area contributed by atoms with Gasteiger partial charge < -0.3 is 5.11 Å². The molecule has 1 saturated carbocycles. The van der Waals surface area contributed by atoms with Gasteiger partial charge in [-0.05, 0) is 38.6 Å². The Kier molecular flexibility index (Phi) is 2.37. The minimum atomic E-state index is 0.323. The molecule has 1 aliphatic carbocycles. The third kappa shape index (κ3) is 1.27. The molecule has 12 heavy (non-hydrogen) atoms. The first-order chi connectivity index (χ1) is 5.83. The lowest BCUT2D eigenvalue weighted by atomic mass is 10.0. The topological polar surface area (TPSA) is 23.5 Å². The molecule has 0 aromatic carbocycles. The molecule has 70 valence electrons. The Hall–Kier alpha value is -0.0800. The van der Waals surface area contributed by atoms with Gasteiger partial charge in [0.2, 0.25) is 0 Å². The maximum atomic E-state index is 9.07. The third-order valence-electron chi connectivity index (χ3n) is 3.63. The van der Waals surface area contributed by atoms with Crippen LogP contribution in [0.1, 0.15) is 32.6 Å². The summed E-state index contributed by atoms with van der Waals surface area (Å²) in [4.78, 5) is 2.51. The summed E-state index contributed by atoms with van der Waals surface area (Å²) >= 11 is 0. The van der Waals surface area contributed by atoms with Crippen molar-refractivity contribution in [1.29, 1.82) is 0 Å². The van der Waals surface area contributed by atoms with Crippen LogP contribution in [0.3, 0.4) is 0 Å². The summed E-state index contributed by atoms with van der Waals surface area (Å²) in [7, 11) is 0. The van der Waals surface area contributed by atoms with Crippen molar-refractivity contribution in [3.8, 4) is 0 Å². The lowest BCUT2D eigenvalue weighted by Gasteiger charge is -2.28. The summed E-state index contributed by atoms with van der Waals surface area (Å²) in [6.07, 6.45) is 5.58. The lowest BCUT2D eigenvalue weighted by molar-refractivity contribution is 0.119. The van der Waals surface area contributed by atoms with Gasteiger partial charge in [-0.15, -0.1) is 0 Å². The zero-order valence-corrected chi connectivity index (χ0v) is 7.87. The minimum absolute atomic E-state index is 0.323. The van der Waals surface area contributed by atoms with Crippen molar-refractivity contribution in [2.75, 3.05) is 13.2 Å². The van der Waals surface area contributed by atoms with E-state index in [1.165, 1.54) is 32.2 Å². The van der Waals surface area contributed by atoms with Gasteiger partial charge in [-0.1, -0.05) is 6.42 Å². The van der Waals surface area contributed by atoms with Crippen molar-refractivity contribution < 1.29 is 5.11 Å². The monoisotopic (exact) mass is 169 g/mol. The molecule has 1 saturated heterocycles. The van der Waals surface area contributed by atoms with Crippen molar-refractivity contribution in [3.05, 3.63) is 0 Å². The van der Waals surface area contributed by atoms with E-state index in [0.29, 0.717) is 12.6 Å². The van der Waals surface area contributed by atoms with Crippen molar-refractivity contribution in [3.63, 3.8) is 0 Å². The maximum Gasteiger partial charge on any atom is 0.0584 e. The fourth-order valence-corrected chi connectivity index (χ4v) is 2.92. The minimum Gasteiger partial charge on any atom is -0.395 e. The van der Waals surface area contributed by atoms with Gasteiger partial charge in [-0.3, -0.25) is 4.90 Å². The molecule has 2 heteroatoms. The van der Waals surface area contributed by atoms with E-state index in [-0.39, 0.29) is 0 Å². The SMILES string of the molecule is C[C@@H](CO)N1CC[C@@H]2CCC[C@@H]21. The van der Waals surface area contributed by atoms with Crippen molar-refractivity contribution in [2.45, 2.75) is 44.7 Å². The lowest BCUT2D eigenvalue weighted by Crippen LogP contribution is -2.39. The second-order valence-electron chi connectivity index (χ2n) is 4.32. The van der Waals surface area contributed by atoms with Gasteiger partial charge in [-0.2, -0.15) is 0 Å². The van der Waals surface area contributed by atoms with E-state index in [2.05, 4.69) is 11.8 Å². The number of hydrogen-bond donors (Lipinski definition) is 1. The largest absolute Gasteiger partial charge is 0.395 e. The Morgan fingerprint density at radius 3 is 3.00 bits per heavy atom. The van der Waals surface area contributed by atoms with Gasteiger partial charge in [0.25, 0.3) is 0 Å². The summed E-state index contributed by atoms with van der Waals surface area (Å²) in [5, 5.41) is 9.07. The van der Waals surface area contributed by atoms with Crippen LogP contribution < -0.4 is 0 Å². The zero-order chi connectivity index (χ0) is 8.55. The van der Waals surface area contributed by atoms with Crippen LogP contribution in [0.2, 0.25) is 0 Å². The van der Waals surface area contributed by atoms with Gasteiger partial charge in [0.15, 0.2) is 0 Å². The molecule has 3 atom stereocenters. The molecular formula is C10H19NO. The number of aliphatic hydroxyl groups excluding tert-OH is 1. The van der Waals surface area contributed by atoms with E-state index >= 15 is 0 Å². The molecule has 2 nitrogen and oxygen atoms in total. The van der Waals surface area contributed by atoms with Crippen LogP contribution in [-0.2, 0) is 0 Å². The van der Waals surface area contributed by atoms with Crippen molar-refractivity contribution in [2.24, 2.45) is 5.92 Å². The summed E-state index contributed by atoms with van der Waals surface area (Å²) in [5.41, 5.74) is 0. The summed E-state index contributed by atoms with van der Waals surface area (Å²) in [5.74, 6) is 0.957. The Bertz CT molecular complexity index is 160. The second-order valence-corrected chi connectivity index (χ2v) is 4.32. The van der Waals surface area contributed by atoms with Crippen molar-refractivity contribution in [1.82, 2.24) is 4.90 Å². The van der Waals surface area contributed by atoms with Crippen LogP contribution in [0.5, 0.6) is 0 Å². The third-order valence-corrected chi connectivity index (χ3v) is 3.63. The van der Waals surface area contributed by atoms with E-state index in [1.54, 1.807) is 0 Å². The van der Waals surface area contributed by atoms with Crippen LogP contribution in [0.4, 0.5) is 0 Å². The zero-order valence-electron chi connectivity index (χ0n) is 7.87. The summed E-state index contributed by atoms with van der Waals surface area (Å²) in [6.45, 7) is 3.68. The average Bonchev–Trinajstić information content (AvgIpc) is 2.62. The first-order valence-corrected chi connectivity index (χ1v) is 5.19. The summed E-state index contributed by atoms with van der Waals surface area (Å²) < 4.78 is 0. The molecule has 2 fully saturated rings. The number of hydrogen-bond acceptors (Lipinski definition) is 2. The molecule has 0 spiro atoms. The van der Waals surface area contributed by atoms with E-state index < -0.39 is 0 Å². The number of rotatable bonds is 2. The highest BCUT2D eigenvalue weighted by molar-refractivity contribution is 4.93. The van der Waals surface area contributed by atoms with Crippen LogP contribution in [-0.4, -0.2) is 35.2 Å². The van der Waals surface area contributed by atoms with Crippen molar-refractivity contribution >= 4 is 0 Å². The molecule has 0 bridgehead atoms. The fraction of sp³-hybridized carbons (Fsp3) is 1.00. The molecule has 2 aliphatic rings. The molecule has 0 aromatic heterocycles. The highest BCUT2D eigenvalue weighted by Crippen LogP contribution is 2.38. The van der Waals surface area contributed by atoms with Gasteiger partial charge in [0, 0.05) is 12.1 Å². The van der Waals surface area contributed by atoms with E-state index in [1.807, 2.05) is 0 Å². The molecule has 0 radical (unpaired) electrons. The molecule has 1 N–H and O–H groups in total. The van der Waals surface area contributed by atoms with Crippen LogP contribution in [0.25, 0.3) is 0 Å². The Balaban J connectivity index is 1.99. The number of likely N-dealkylation sites (tertiary alicyclic amines) is 1. The predicted octanol–water partition coefficient (Wildman–Crippen LogP) is 1.24. The average molecular weight is 169 g/mol. The predicted molar refractivity (Wildman–Crippen MR) is 49.0 cm³/mol. The van der Waals surface area contributed by atoms with Crippen LogP contribution >= 0.6 is 0 Å². The highest BCUT2D eigenvalue weighted by atomic mass is 16.3. The standard InChI is InChI=1S/C10H19NO/c1-8(7-12)11-6-5-9-3-2-4-10(9)11/h8-10,12H,2-7H2,1H3/t8-,9-,10-/m0/s1. The van der Waals surface area contributed by atoms with Gasteiger partial charge in [0.05, 0.1) is 6.61 Å². The molecule has 1 heterocycles. The maximum absolute atomic E-state index is 9.07. The van der Waals surface area contributed by atoms with Gasteiger partial charge >= 0.3 is 0 Å². The normalized spacial score (nSPS) is 38.5. The summed E-state index contributed by atoms with van der Waals surface area (Å²) in [6, 6.07) is 1.20. The number of nitrogens with zero attached hydrogens (tertiary/aromatic N) is 1. The molecule has 2 rings (SSSR count). The number of aliphatic hydroxyl groups is 1. The number of fused-ring (bicyclic) bond motifs is 1. The smallest absolute Gasteiger partial charge is 0.0584 e.